The van der Waals surface area contributed by atoms with Crippen molar-refractivity contribution >= 4 is 36.6 Å². The van der Waals surface area contributed by atoms with Crippen LogP contribution in [0.4, 0.5) is 0 Å². The summed E-state index contributed by atoms with van der Waals surface area (Å²) in [6.07, 6.45) is 0.740. The minimum atomic E-state index is -1.22. The molecule has 1 rings (SSSR count). The number of carbonyl (C=O) groups is 1. The standard InChI is InChI=1S/C13H19IO3Si/c1-18(2,3)5-4-11-9(8-15)6-10(14)7-12(11)13(16)17/h6-7,15H,4-5,8H2,1-3H3,(H,16,17). The molecule has 0 aliphatic rings. The fourth-order valence-electron chi connectivity index (χ4n) is 1.82. The van der Waals surface area contributed by atoms with Crippen LogP contribution in [0.3, 0.4) is 0 Å². The number of aliphatic hydroxyl groups is 1. The van der Waals surface area contributed by atoms with E-state index in [1.165, 1.54) is 0 Å². The Morgan fingerprint density at radius 3 is 2.39 bits per heavy atom. The molecule has 0 saturated heterocycles. The Labute approximate surface area is 122 Å². The van der Waals surface area contributed by atoms with E-state index in [1.54, 1.807) is 6.07 Å². The molecular formula is C13H19IO3Si. The lowest BCUT2D eigenvalue weighted by molar-refractivity contribution is 0.0695. The fourth-order valence-corrected chi connectivity index (χ4v) is 3.51. The monoisotopic (exact) mass is 378 g/mol. The molecular weight excluding hydrogens is 359 g/mol. The second kappa shape index (κ2) is 6.16. The number of hydrogen-bond donors (Lipinski definition) is 2. The highest BCUT2D eigenvalue weighted by Crippen LogP contribution is 2.24. The average Bonchev–Trinajstić information content (AvgIpc) is 2.24. The minimum Gasteiger partial charge on any atom is -0.478 e. The minimum absolute atomic E-state index is 0.0991. The Kier molecular flexibility index (Phi) is 5.36. The van der Waals surface area contributed by atoms with Gasteiger partial charge in [0.2, 0.25) is 0 Å². The molecule has 0 aliphatic heterocycles. The topological polar surface area (TPSA) is 57.5 Å². The zero-order chi connectivity index (χ0) is 13.9. The third-order valence-corrected chi connectivity index (χ3v) is 5.21. The SMILES string of the molecule is C[Si](C)(C)CCc1c(CO)cc(I)cc1C(=O)O. The highest BCUT2D eigenvalue weighted by atomic mass is 127. The van der Waals surface area contributed by atoms with Crippen molar-refractivity contribution in [3.05, 3.63) is 32.4 Å². The smallest absolute Gasteiger partial charge is 0.336 e. The molecule has 1 aromatic rings. The van der Waals surface area contributed by atoms with Gasteiger partial charge < -0.3 is 10.2 Å². The summed E-state index contributed by atoms with van der Waals surface area (Å²) in [6.45, 7) is 6.69. The summed E-state index contributed by atoms with van der Waals surface area (Å²) >= 11 is 2.08. The van der Waals surface area contributed by atoms with Gasteiger partial charge in [0.25, 0.3) is 0 Å². The number of aromatic carboxylic acids is 1. The summed E-state index contributed by atoms with van der Waals surface area (Å²) in [5, 5.41) is 18.7. The van der Waals surface area contributed by atoms with Crippen LogP contribution >= 0.6 is 22.6 Å². The van der Waals surface area contributed by atoms with Gasteiger partial charge in [0.15, 0.2) is 0 Å². The first-order valence-corrected chi connectivity index (χ1v) is 10.7. The van der Waals surface area contributed by atoms with Gasteiger partial charge in [-0.15, -0.1) is 0 Å². The van der Waals surface area contributed by atoms with Crippen LogP contribution in [0.1, 0.15) is 21.5 Å². The molecule has 0 heterocycles. The third-order valence-electron chi connectivity index (χ3n) is 2.83. The molecule has 0 aromatic heterocycles. The van der Waals surface area contributed by atoms with Crippen LogP contribution < -0.4 is 0 Å². The van der Waals surface area contributed by atoms with E-state index < -0.39 is 14.0 Å². The van der Waals surface area contributed by atoms with Gasteiger partial charge in [-0.05, 0) is 52.3 Å². The number of rotatable bonds is 5. The van der Waals surface area contributed by atoms with E-state index >= 15 is 0 Å². The zero-order valence-electron chi connectivity index (χ0n) is 11.0. The highest BCUT2D eigenvalue weighted by molar-refractivity contribution is 14.1. The van der Waals surface area contributed by atoms with E-state index in [1.807, 2.05) is 6.07 Å². The van der Waals surface area contributed by atoms with Crippen molar-refractivity contribution < 1.29 is 15.0 Å². The number of hydrogen-bond acceptors (Lipinski definition) is 2. The summed E-state index contributed by atoms with van der Waals surface area (Å²) in [5.74, 6) is -0.909. The van der Waals surface area contributed by atoms with Crippen molar-refractivity contribution in [2.24, 2.45) is 0 Å². The van der Waals surface area contributed by atoms with E-state index in [0.717, 1.165) is 27.2 Å². The van der Waals surface area contributed by atoms with E-state index in [9.17, 15) is 15.0 Å². The summed E-state index contributed by atoms with van der Waals surface area (Å²) < 4.78 is 0.853. The van der Waals surface area contributed by atoms with Gasteiger partial charge in [-0.25, -0.2) is 4.79 Å². The number of benzene rings is 1. The highest BCUT2D eigenvalue weighted by Gasteiger charge is 2.19. The molecule has 0 unspecified atom stereocenters. The first kappa shape index (κ1) is 15.7. The van der Waals surface area contributed by atoms with Gasteiger partial charge in [-0.3, -0.25) is 0 Å². The predicted octanol–water partition coefficient (Wildman–Crippen LogP) is 3.36. The van der Waals surface area contributed by atoms with E-state index in [-0.39, 0.29) is 6.61 Å². The Morgan fingerprint density at radius 2 is 1.94 bits per heavy atom. The molecule has 18 heavy (non-hydrogen) atoms. The van der Waals surface area contributed by atoms with Crippen LogP contribution in [0.25, 0.3) is 0 Å². The largest absolute Gasteiger partial charge is 0.478 e. The van der Waals surface area contributed by atoms with Crippen molar-refractivity contribution in [2.45, 2.75) is 38.7 Å². The zero-order valence-corrected chi connectivity index (χ0v) is 14.1. The van der Waals surface area contributed by atoms with Crippen molar-refractivity contribution in [3.63, 3.8) is 0 Å². The third kappa shape index (κ3) is 4.36. The number of carboxylic acid groups (broad SMARTS) is 1. The molecule has 2 N–H and O–H groups in total. The molecule has 1 aromatic carbocycles. The Morgan fingerprint density at radius 1 is 1.33 bits per heavy atom. The maximum atomic E-state index is 11.3. The average molecular weight is 378 g/mol. The van der Waals surface area contributed by atoms with Crippen molar-refractivity contribution in [2.75, 3.05) is 0 Å². The molecule has 0 bridgehead atoms. The fraction of sp³-hybridized carbons (Fsp3) is 0.462. The summed E-state index contributed by atoms with van der Waals surface area (Å²) in [6, 6.07) is 4.58. The molecule has 0 fully saturated rings. The molecule has 0 saturated carbocycles. The predicted molar refractivity (Wildman–Crippen MR) is 83.9 cm³/mol. The van der Waals surface area contributed by atoms with Gasteiger partial charge in [-0.2, -0.15) is 0 Å². The number of carboxylic acids is 1. The lowest BCUT2D eigenvalue weighted by Crippen LogP contribution is -2.21. The van der Waals surface area contributed by atoms with Crippen LogP contribution in [0, 0.1) is 3.57 Å². The van der Waals surface area contributed by atoms with E-state index in [4.69, 9.17) is 0 Å². The summed E-state index contributed by atoms with van der Waals surface area (Å²) in [7, 11) is -1.22. The number of halogens is 1. The molecule has 0 spiro atoms. The van der Waals surface area contributed by atoms with E-state index in [0.29, 0.717) is 5.56 Å². The summed E-state index contributed by atoms with van der Waals surface area (Å²) in [5.41, 5.74) is 1.88. The molecule has 5 heteroatoms. The first-order chi connectivity index (χ1) is 8.24. The maximum absolute atomic E-state index is 11.3. The van der Waals surface area contributed by atoms with Gasteiger partial charge in [0.05, 0.1) is 12.2 Å². The van der Waals surface area contributed by atoms with Crippen LogP contribution in [-0.4, -0.2) is 24.3 Å². The molecule has 0 radical (unpaired) electrons. The second-order valence-corrected chi connectivity index (χ2v) is 12.5. The quantitative estimate of drug-likeness (QED) is 0.610. The van der Waals surface area contributed by atoms with Crippen LogP contribution in [0.15, 0.2) is 12.1 Å². The van der Waals surface area contributed by atoms with Gasteiger partial charge in [0.1, 0.15) is 0 Å². The first-order valence-electron chi connectivity index (χ1n) is 5.90. The Bertz CT molecular complexity index is 452. The van der Waals surface area contributed by atoms with Crippen molar-refractivity contribution in [1.29, 1.82) is 0 Å². The Hall–Kier alpha value is -0.403. The van der Waals surface area contributed by atoms with Gasteiger partial charge >= 0.3 is 5.97 Å². The molecule has 3 nitrogen and oxygen atoms in total. The van der Waals surface area contributed by atoms with E-state index in [2.05, 4.69) is 42.2 Å². The van der Waals surface area contributed by atoms with Crippen LogP contribution in [-0.2, 0) is 13.0 Å². The van der Waals surface area contributed by atoms with Crippen molar-refractivity contribution in [3.8, 4) is 0 Å². The number of aliphatic hydroxyl groups excluding tert-OH is 1. The van der Waals surface area contributed by atoms with Crippen molar-refractivity contribution in [1.82, 2.24) is 0 Å². The molecule has 0 aliphatic carbocycles. The van der Waals surface area contributed by atoms with Crippen LogP contribution in [0.2, 0.25) is 25.7 Å². The second-order valence-electron chi connectivity index (χ2n) is 5.61. The lowest BCUT2D eigenvalue weighted by atomic mass is 9.99. The van der Waals surface area contributed by atoms with Gasteiger partial charge in [0, 0.05) is 11.6 Å². The van der Waals surface area contributed by atoms with Gasteiger partial charge in [-0.1, -0.05) is 25.7 Å². The Balaban J connectivity index is 3.17. The summed E-state index contributed by atoms with van der Waals surface area (Å²) in [4.78, 5) is 11.3. The maximum Gasteiger partial charge on any atom is 0.336 e. The lowest BCUT2D eigenvalue weighted by Gasteiger charge is -2.18. The normalized spacial score (nSPS) is 11.6. The van der Waals surface area contributed by atoms with Crippen LogP contribution in [0.5, 0.6) is 0 Å². The molecule has 100 valence electrons. The molecule has 0 atom stereocenters. The molecule has 0 amide bonds.